The molecule has 0 saturated carbocycles. The Labute approximate surface area is 123 Å². The Kier molecular flexibility index (Phi) is 3.75. The number of rotatable bonds is 3. The van der Waals surface area contributed by atoms with E-state index in [0.29, 0.717) is 23.8 Å². The highest BCUT2D eigenvalue weighted by Crippen LogP contribution is 2.22. The fraction of sp³-hybridized carbons (Fsp3) is 0.375. The zero-order chi connectivity index (χ0) is 14.8. The molecule has 1 aliphatic heterocycles. The largest absolute Gasteiger partial charge is 0.463 e. The van der Waals surface area contributed by atoms with Gasteiger partial charge in [0.1, 0.15) is 5.69 Å². The van der Waals surface area contributed by atoms with Crippen molar-refractivity contribution in [2.75, 3.05) is 19.6 Å². The fourth-order valence-corrected chi connectivity index (χ4v) is 2.73. The van der Waals surface area contributed by atoms with Crippen molar-refractivity contribution in [1.29, 1.82) is 0 Å². The maximum Gasteiger partial charge on any atom is 0.255 e. The van der Waals surface area contributed by atoms with Crippen LogP contribution in [0.4, 0.5) is 0 Å². The fourth-order valence-electron chi connectivity index (χ4n) is 2.73. The van der Waals surface area contributed by atoms with Crippen LogP contribution in [0.1, 0.15) is 22.5 Å². The molecule has 3 heterocycles. The van der Waals surface area contributed by atoms with Crippen molar-refractivity contribution in [3.8, 4) is 11.5 Å². The molecule has 0 radical (unpaired) electrons. The van der Waals surface area contributed by atoms with Crippen LogP contribution in [0.2, 0.25) is 0 Å². The monoisotopic (exact) mass is 285 g/mol. The van der Waals surface area contributed by atoms with E-state index in [1.807, 2.05) is 36.1 Å². The third-order valence-corrected chi connectivity index (χ3v) is 4.00. The number of hydrogen-bond acceptors (Lipinski definition) is 4. The third kappa shape index (κ3) is 2.69. The second kappa shape index (κ2) is 5.69. The minimum absolute atomic E-state index is 0.0435. The van der Waals surface area contributed by atoms with Gasteiger partial charge in [-0.2, -0.15) is 0 Å². The number of carbonyl (C=O) groups is 1. The van der Waals surface area contributed by atoms with E-state index < -0.39 is 0 Å². The first kappa shape index (κ1) is 13.8. The van der Waals surface area contributed by atoms with Crippen LogP contribution in [0.5, 0.6) is 0 Å². The normalized spacial score (nSPS) is 18.2. The lowest BCUT2D eigenvalue weighted by molar-refractivity contribution is 0.0786. The number of pyridine rings is 1. The first-order chi connectivity index (χ1) is 10.2. The molecule has 1 atom stereocenters. The lowest BCUT2D eigenvalue weighted by Crippen LogP contribution is -2.30. The maximum absolute atomic E-state index is 12.5. The summed E-state index contributed by atoms with van der Waals surface area (Å²) in [6.07, 6.45) is 2.60. The predicted octanol–water partition coefficient (Wildman–Crippen LogP) is 2.07. The van der Waals surface area contributed by atoms with Gasteiger partial charge < -0.3 is 15.1 Å². The molecule has 1 fully saturated rings. The van der Waals surface area contributed by atoms with Crippen LogP contribution in [-0.2, 0) is 0 Å². The van der Waals surface area contributed by atoms with Crippen molar-refractivity contribution in [2.45, 2.75) is 13.3 Å². The van der Waals surface area contributed by atoms with Gasteiger partial charge in [-0.1, -0.05) is 0 Å². The van der Waals surface area contributed by atoms with E-state index in [0.717, 1.165) is 30.9 Å². The number of furan rings is 1. The smallest absolute Gasteiger partial charge is 0.255 e. The molecule has 2 aromatic rings. The summed E-state index contributed by atoms with van der Waals surface area (Å²) in [5.74, 6) is 1.17. The number of carbonyl (C=O) groups excluding carboxylic acids is 1. The highest BCUT2D eigenvalue weighted by Gasteiger charge is 2.27. The number of aromatic nitrogens is 1. The van der Waals surface area contributed by atoms with E-state index in [2.05, 4.69) is 4.98 Å². The number of nitrogens with zero attached hydrogens (tertiary/aromatic N) is 2. The Morgan fingerprint density at radius 3 is 2.95 bits per heavy atom. The van der Waals surface area contributed by atoms with Crippen LogP contribution in [0, 0.1) is 12.8 Å². The SMILES string of the molecule is Cc1nc(-c2ccco2)ccc1C(=O)N1CCC(CN)C1. The molecule has 1 unspecified atom stereocenters. The molecular formula is C16H19N3O2. The number of aryl methyl sites for hydroxylation is 1. The second-order valence-corrected chi connectivity index (χ2v) is 5.45. The van der Waals surface area contributed by atoms with Gasteiger partial charge in [0.2, 0.25) is 0 Å². The van der Waals surface area contributed by atoms with E-state index in [4.69, 9.17) is 10.2 Å². The van der Waals surface area contributed by atoms with E-state index in [1.165, 1.54) is 0 Å². The van der Waals surface area contributed by atoms with E-state index in [1.54, 1.807) is 6.26 Å². The first-order valence-electron chi connectivity index (χ1n) is 7.20. The molecular weight excluding hydrogens is 266 g/mol. The summed E-state index contributed by atoms with van der Waals surface area (Å²) in [7, 11) is 0. The van der Waals surface area contributed by atoms with Gasteiger partial charge in [0.25, 0.3) is 5.91 Å². The Balaban J connectivity index is 1.81. The summed E-state index contributed by atoms with van der Waals surface area (Å²) in [4.78, 5) is 18.9. The molecule has 0 bridgehead atoms. The van der Waals surface area contributed by atoms with E-state index in [9.17, 15) is 4.79 Å². The van der Waals surface area contributed by atoms with Gasteiger partial charge >= 0.3 is 0 Å². The Bertz CT molecular complexity index is 637. The third-order valence-electron chi connectivity index (χ3n) is 4.00. The van der Waals surface area contributed by atoms with Crippen LogP contribution in [0.15, 0.2) is 34.9 Å². The Morgan fingerprint density at radius 2 is 2.33 bits per heavy atom. The van der Waals surface area contributed by atoms with Crippen LogP contribution in [0.25, 0.3) is 11.5 Å². The zero-order valence-electron chi connectivity index (χ0n) is 12.1. The summed E-state index contributed by atoms with van der Waals surface area (Å²) < 4.78 is 5.33. The summed E-state index contributed by atoms with van der Waals surface area (Å²) in [6, 6.07) is 7.34. The summed E-state index contributed by atoms with van der Waals surface area (Å²) >= 11 is 0. The lowest BCUT2D eigenvalue weighted by atomic mass is 10.1. The van der Waals surface area contributed by atoms with Gasteiger partial charge in [0, 0.05) is 13.1 Å². The van der Waals surface area contributed by atoms with Gasteiger partial charge in [0.15, 0.2) is 5.76 Å². The summed E-state index contributed by atoms with van der Waals surface area (Å²) in [5, 5.41) is 0. The molecule has 5 nitrogen and oxygen atoms in total. The van der Waals surface area contributed by atoms with Crippen molar-refractivity contribution in [2.24, 2.45) is 11.7 Å². The molecule has 1 amide bonds. The highest BCUT2D eigenvalue weighted by atomic mass is 16.3. The minimum Gasteiger partial charge on any atom is -0.463 e. The van der Waals surface area contributed by atoms with Crippen molar-refractivity contribution in [3.63, 3.8) is 0 Å². The summed E-state index contributed by atoms with van der Waals surface area (Å²) in [6.45, 7) is 4.02. The molecule has 2 N–H and O–H groups in total. The van der Waals surface area contributed by atoms with Crippen molar-refractivity contribution in [3.05, 3.63) is 41.8 Å². The molecule has 0 aromatic carbocycles. The average Bonchev–Trinajstić information content (AvgIpc) is 3.17. The number of hydrogen-bond donors (Lipinski definition) is 1. The lowest BCUT2D eigenvalue weighted by Gasteiger charge is -2.17. The quantitative estimate of drug-likeness (QED) is 0.937. The molecule has 21 heavy (non-hydrogen) atoms. The molecule has 110 valence electrons. The topological polar surface area (TPSA) is 72.4 Å². The number of likely N-dealkylation sites (tertiary alicyclic amines) is 1. The maximum atomic E-state index is 12.5. The van der Waals surface area contributed by atoms with Crippen LogP contribution in [0.3, 0.4) is 0 Å². The standard InChI is InChI=1S/C16H19N3O2/c1-11-13(16(20)19-7-6-12(9-17)10-19)4-5-14(18-11)15-3-2-8-21-15/h2-5,8,12H,6-7,9-10,17H2,1H3. The van der Waals surface area contributed by atoms with Gasteiger partial charge in [-0.05, 0) is 50.1 Å². The van der Waals surface area contributed by atoms with Crippen molar-refractivity contribution in [1.82, 2.24) is 9.88 Å². The Hall–Kier alpha value is -2.14. The van der Waals surface area contributed by atoms with Crippen LogP contribution in [-0.4, -0.2) is 35.4 Å². The zero-order valence-corrected chi connectivity index (χ0v) is 12.1. The van der Waals surface area contributed by atoms with Crippen LogP contribution < -0.4 is 5.73 Å². The van der Waals surface area contributed by atoms with Crippen molar-refractivity contribution < 1.29 is 9.21 Å². The molecule has 0 spiro atoms. The average molecular weight is 285 g/mol. The summed E-state index contributed by atoms with van der Waals surface area (Å²) in [5.41, 5.74) is 7.81. The van der Waals surface area contributed by atoms with Gasteiger partial charge in [-0.15, -0.1) is 0 Å². The predicted molar refractivity (Wildman–Crippen MR) is 79.7 cm³/mol. The second-order valence-electron chi connectivity index (χ2n) is 5.45. The molecule has 5 heteroatoms. The van der Waals surface area contributed by atoms with Crippen molar-refractivity contribution >= 4 is 5.91 Å². The highest BCUT2D eigenvalue weighted by molar-refractivity contribution is 5.95. The number of amides is 1. The van der Waals surface area contributed by atoms with E-state index >= 15 is 0 Å². The molecule has 3 rings (SSSR count). The first-order valence-corrected chi connectivity index (χ1v) is 7.20. The molecule has 1 saturated heterocycles. The molecule has 1 aliphatic rings. The van der Waals surface area contributed by atoms with Gasteiger partial charge in [-0.25, -0.2) is 4.98 Å². The van der Waals surface area contributed by atoms with E-state index in [-0.39, 0.29) is 5.91 Å². The molecule has 0 aliphatic carbocycles. The molecule has 2 aromatic heterocycles. The van der Waals surface area contributed by atoms with Gasteiger partial charge in [0.05, 0.1) is 17.5 Å². The minimum atomic E-state index is 0.0435. The van der Waals surface area contributed by atoms with Gasteiger partial charge in [-0.3, -0.25) is 4.79 Å². The Morgan fingerprint density at radius 1 is 1.48 bits per heavy atom. The number of nitrogens with two attached hydrogens (primary N) is 1. The van der Waals surface area contributed by atoms with Crippen LogP contribution >= 0.6 is 0 Å².